The van der Waals surface area contributed by atoms with E-state index in [-0.39, 0.29) is 17.7 Å². The minimum atomic E-state index is -0.0181. The fourth-order valence-corrected chi connectivity index (χ4v) is 3.52. The standard InChI is InChI=1S/C25H28N4O2/c30-23(12-7-15-26-25(31)21-13-14-21)27-16-22-18-29(17-19-8-3-1-4-9-19)28-24(22)20-10-5-2-6-11-20/h1-6,8-11,18,21H,7,12-17H2,(H,26,31)(H,27,30). The second-order valence-corrected chi connectivity index (χ2v) is 8.00. The van der Waals surface area contributed by atoms with Gasteiger partial charge in [-0.3, -0.25) is 14.3 Å². The largest absolute Gasteiger partial charge is 0.356 e. The van der Waals surface area contributed by atoms with Gasteiger partial charge in [-0.1, -0.05) is 60.7 Å². The van der Waals surface area contributed by atoms with Gasteiger partial charge in [0.25, 0.3) is 0 Å². The minimum Gasteiger partial charge on any atom is -0.356 e. The predicted octanol–water partition coefficient (Wildman–Crippen LogP) is 3.52. The molecule has 0 aliphatic heterocycles. The highest BCUT2D eigenvalue weighted by Crippen LogP contribution is 2.28. The first kappa shape index (κ1) is 20.8. The quantitative estimate of drug-likeness (QED) is 0.497. The van der Waals surface area contributed by atoms with E-state index in [1.807, 2.05) is 59.4 Å². The van der Waals surface area contributed by atoms with Crippen LogP contribution >= 0.6 is 0 Å². The summed E-state index contributed by atoms with van der Waals surface area (Å²) < 4.78 is 1.92. The lowest BCUT2D eigenvalue weighted by molar-refractivity contribution is -0.123. The molecule has 1 saturated carbocycles. The number of hydrogen-bond acceptors (Lipinski definition) is 3. The van der Waals surface area contributed by atoms with Gasteiger partial charge in [0.2, 0.25) is 11.8 Å². The molecular weight excluding hydrogens is 388 g/mol. The Morgan fingerprint density at radius 2 is 1.68 bits per heavy atom. The molecule has 2 N–H and O–H groups in total. The summed E-state index contributed by atoms with van der Waals surface area (Å²) in [4.78, 5) is 23.9. The smallest absolute Gasteiger partial charge is 0.223 e. The van der Waals surface area contributed by atoms with Gasteiger partial charge in [-0.05, 0) is 24.8 Å². The molecule has 3 aromatic rings. The molecule has 1 aliphatic rings. The number of rotatable bonds is 10. The van der Waals surface area contributed by atoms with Crippen molar-refractivity contribution in [2.45, 2.75) is 38.8 Å². The first-order valence-corrected chi connectivity index (χ1v) is 10.9. The number of nitrogens with one attached hydrogen (secondary N) is 2. The fourth-order valence-electron chi connectivity index (χ4n) is 3.52. The SMILES string of the molecule is O=C(CCCNC(=O)C1CC1)NCc1cn(Cc2ccccc2)nc1-c1ccccc1. The highest BCUT2D eigenvalue weighted by atomic mass is 16.2. The van der Waals surface area contributed by atoms with Crippen molar-refractivity contribution in [3.05, 3.63) is 78.0 Å². The first-order chi connectivity index (χ1) is 15.2. The van der Waals surface area contributed by atoms with Gasteiger partial charge in [-0.15, -0.1) is 0 Å². The molecule has 1 aliphatic carbocycles. The molecule has 0 saturated heterocycles. The summed E-state index contributed by atoms with van der Waals surface area (Å²) in [6, 6.07) is 20.2. The Labute approximate surface area is 182 Å². The van der Waals surface area contributed by atoms with Crippen molar-refractivity contribution < 1.29 is 9.59 Å². The molecule has 31 heavy (non-hydrogen) atoms. The number of amides is 2. The van der Waals surface area contributed by atoms with E-state index < -0.39 is 0 Å². The van der Waals surface area contributed by atoms with E-state index in [0.717, 1.165) is 29.7 Å². The van der Waals surface area contributed by atoms with Crippen molar-refractivity contribution in [1.29, 1.82) is 0 Å². The zero-order valence-corrected chi connectivity index (χ0v) is 17.6. The molecule has 1 heterocycles. The Kier molecular flexibility index (Phi) is 6.77. The number of hydrogen-bond donors (Lipinski definition) is 2. The highest BCUT2D eigenvalue weighted by Gasteiger charge is 2.29. The minimum absolute atomic E-state index is 0.0181. The third-order valence-electron chi connectivity index (χ3n) is 5.38. The summed E-state index contributed by atoms with van der Waals surface area (Å²) in [7, 11) is 0. The van der Waals surface area contributed by atoms with Crippen LogP contribution in [0.25, 0.3) is 11.3 Å². The Morgan fingerprint density at radius 1 is 0.968 bits per heavy atom. The first-order valence-electron chi connectivity index (χ1n) is 10.9. The molecule has 0 radical (unpaired) electrons. The molecule has 2 aromatic carbocycles. The molecule has 2 amide bonds. The zero-order valence-electron chi connectivity index (χ0n) is 17.6. The fraction of sp³-hybridized carbons (Fsp3) is 0.320. The molecule has 1 fully saturated rings. The van der Waals surface area contributed by atoms with E-state index in [0.29, 0.717) is 32.5 Å². The summed E-state index contributed by atoms with van der Waals surface area (Å²) in [5, 5.41) is 10.7. The second kappa shape index (κ2) is 10.1. The van der Waals surface area contributed by atoms with E-state index in [4.69, 9.17) is 5.10 Å². The molecular formula is C25H28N4O2. The van der Waals surface area contributed by atoms with E-state index in [1.165, 1.54) is 5.56 Å². The van der Waals surface area contributed by atoms with Gasteiger partial charge in [-0.2, -0.15) is 5.10 Å². The molecule has 1 aromatic heterocycles. The van der Waals surface area contributed by atoms with Crippen LogP contribution < -0.4 is 10.6 Å². The van der Waals surface area contributed by atoms with Gasteiger partial charge in [0.1, 0.15) is 0 Å². The average molecular weight is 417 g/mol. The van der Waals surface area contributed by atoms with Crippen LogP contribution in [0, 0.1) is 5.92 Å². The van der Waals surface area contributed by atoms with Crippen LogP contribution in [0.3, 0.4) is 0 Å². The number of aromatic nitrogens is 2. The van der Waals surface area contributed by atoms with Gasteiger partial charge >= 0.3 is 0 Å². The average Bonchev–Trinajstić information content (AvgIpc) is 3.58. The van der Waals surface area contributed by atoms with E-state index in [9.17, 15) is 9.59 Å². The Balaban J connectivity index is 1.35. The van der Waals surface area contributed by atoms with E-state index >= 15 is 0 Å². The molecule has 0 unspecified atom stereocenters. The van der Waals surface area contributed by atoms with Crippen LogP contribution in [0.1, 0.15) is 36.8 Å². The van der Waals surface area contributed by atoms with Crippen molar-refractivity contribution in [2.75, 3.05) is 6.54 Å². The van der Waals surface area contributed by atoms with Crippen molar-refractivity contribution in [2.24, 2.45) is 5.92 Å². The van der Waals surface area contributed by atoms with Crippen molar-refractivity contribution >= 4 is 11.8 Å². The number of carbonyl (C=O) groups is 2. The number of carbonyl (C=O) groups excluding carboxylic acids is 2. The normalized spacial score (nSPS) is 13.0. The molecule has 4 rings (SSSR count). The topological polar surface area (TPSA) is 76.0 Å². The third-order valence-corrected chi connectivity index (χ3v) is 5.38. The molecule has 0 atom stereocenters. The van der Waals surface area contributed by atoms with Crippen LogP contribution in [-0.2, 0) is 22.7 Å². The second-order valence-electron chi connectivity index (χ2n) is 8.00. The lowest BCUT2D eigenvalue weighted by atomic mass is 10.1. The molecule has 0 spiro atoms. The lowest BCUT2D eigenvalue weighted by Gasteiger charge is -2.07. The molecule has 0 bridgehead atoms. The Bertz CT molecular complexity index is 1010. The zero-order chi connectivity index (χ0) is 21.5. The maximum atomic E-state index is 12.3. The van der Waals surface area contributed by atoms with Crippen LogP contribution in [0.15, 0.2) is 66.9 Å². The van der Waals surface area contributed by atoms with Gasteiger partial charge in [-0.25, -0.2) is 0 Å². The van der Waals surface area contributed by atoms with Gasteiger partial charge in [0.05, 0.1) is 12.2 Å². The van der Waals surface area contributed by atoms with Gasteiger partial charge in [0, 0.05) is 42.8 Å². The maximum absolute atomic E-state index is 12.3. The molecule has 6 nitrogen and oxygen atoms in total. The Morgan fingerprint density at radius 3 is 2.39 bits per heavy atom. The number of nitrogens with zero attached hydrogens (tertiary/aromatic N) is 2. The van der Waals surface area contributed by atoms with Crippen LogP contribution in [0.4, 0.5) is 0 Å². The third kappa shape index (κ3) is 6.04. The van der Waals surface area contributed by atoms with Gasteiger partial charge < -0.3 is 10.6 Å². The summed E-state index contributed by atoms with van der Waals surface area (Å²) >= 11 is 0. The summed E-state index contributed by atoms with van der Waals surface area (Å²) in [6.45, 7) is 1.65. The van der Waals surface area contributed by atoms with Gasteiger partial charge in [0.15, 0.2) is 0 Å². The monoisotopic (exact) mass is 416 g/mol. The Hall–Kier alpha value is -3.41. The lowest BCUT2D eigenvalue weighted by Crippen LogP contribution is -2.28. The summed E-state index contributed by atoms with van der Waals surface area (Å²) in [5.74, 6) is 0.312. The molecule has 160 valence electrons. The van der Waals surface area contributed by atoms with Crippen molar-refractivity contribution in [3.63, 3.8) is 0 Å². The highest BCUT2D eigenvalue weighted by molar-refractivity contribution is 5.81. The van der Waals surface area contributed by atoms with E-state index in [2.05, 4.69) is 22.8 Å². The molecule has 6 heteroatoms. The van der Waals surface area contributed by atoms with E-state index in [1.54, 1.807) is 0 Å². The maximum Gasteiger partial charge on any atom is 0.223 e. The van der Waals surface area contributed by atoms with Crippen LogP contribution in [-0.4, -0.2) is 28.1 Å². The van der Waals surface area contributed by atoms with Crippen molar-refractivity contribution in [3.8, 4) is 11.3 Å². The number of benzene rings is 2. The van der Waals surface area contributed by atoms with Crippen LogP contribution in [0.2, 0.25) is 0 Å². The summed E-state index contributed by atoms with van der Waals surface area (Å²) in [5.41, 5.74) is 4.07. The summed E-state index contributed by atoms with van der Waals surface area (Å²) in [6.07, 6.45) is 5.03. The van der Waals surface area contributed by atoms with Crippen LogP contribution in [0.5, 0.6) is 0 Å². The van der Waals surface area contributed by atoms with Crippen molar-refractivity contribution in [1.82, 2.24) is 20.4 Å². The predicted molar refractivity (Wildman–Crippen MR) is 120 cm³/mol.